The number of aromatic nitrogens is 3. The number of amides is 1. The Labute approximate surface area is 196 Å². The van der Waals surface area contributed by atoms with E-state index in [1.807, 2.05) is 60.0 Å². The van der Waals surface area contributed by atoms with Crippen LogP contribution in [0.25, 0.3) is 0 Å². The van der Waals surface area contributed by atoms with E-state index in [4.69, 9.17) is 4.74 Å². The van der Waals surface area contributed by atoms with Gasteiger partial charge in [0, 0.05) is 21.2 Å². The number of ether oxygens (including phenoxy) is 1. The van der Waals surface area contributed by atoms with Gasteiger partial charge < -0.3 is 10.1 Å². The lowest BCUT2D eigenvalue weighted by Crippen LogP contribution is -2.15. The second-order valence-electron chi connectivity index (χ2n) is 6.30. The van der Waals surface area contributed by atoms with Crippen molar-refractivity contribution in [3.05, 3.63) is 76.0 Å². The highest BCUT2D eigenvalue weighted by Crippen LogP contribution is 2.26. The predicted octanol–water partition coefficient (Wildman–Crippen LogP) is 5.86. The van der Waals surface area contributed by atoms with E-state index in [2.05, 4.69) is 54.0 Å². The summed E-state index contributed by atoms with van der Waals surface area (Å²) in [6.07, 6.45) is 1.45. The molecule has 6 nitrogen and oxygen atoms in total. The Morgan fingerprint density at radius 2 is 1.80 bits per heavy atom. The fourth-order valence-corrected chi connectivity index (χ4v) is 3.92. The summed E-state index contributed by atoms with van der Waals surface area (Å²) in [5.41, 5.74) is 0.744. The molecule has 0 saturated heterocycles. The molecule has 0 radical (unpaired) electrons. The topological polar surface area (TPSA) is 69.0 Å². The number of anilines is 1. The zero-order valence-corrected chi connectivity index (χ0v) is 20.2. The number of carbonyl (C=O) groups is 1. The van der Waals surface area contributed by atoms with Gasteiger partial charge in [0.25, 0.3) is 0 Å². The molecule has 1 N–H and O–H groups in total. The number of thioether (sulfide) groups is 1. The third kappa shape index (κ3) is 6.20. The maximum atomic E-state index is 12.3. The number of nitrogens with zero attached hydrogens (tertiary/aromatic N) is 3. The molecule has 1 aromatic heterocycles. The maximum absolute atomic E-state index is 12.3. The number of hydrogen-bond acceptors (Lipinski definition) is 5. The van der Waals surface area contributed by atoms with Crippen LogP contribution in [0, 0.1) is 0 Å². The van der Waals surface area contributed by atoms with Crippen molar-refractivity contribution in [2.45, 2.75) is 24.7 Å². The van der Waals surface area contributed by atoms with Gasteiger partial charge in [-0.05, 0) is 55.5 Å². The predicted molar refractivity (Wildman–Crippen MR) is 127 cm³/mol. The normalized spacial score (nSPS) is 11.7. The minimum absolute atomic E-state index is 0.115. The van der Waals surface area contributed by atoms with E-state index in [0.29, 0.717) is 17.5 Å². The van der Waals surface area contributed by atoms with Gasteiger partial charge in [0.15, 0.2) is 17.1 Å². The molecule has 9 heteroatoms. The minimum atomic E-state index is -0.315. The number of halogens is 2. The molecule has 0 aliphatic rings. The van der Waals surface area contributed by atoms with Crippen LogP contribution in [0.15, 0.2) is 75.3 Å². The summed E-state index contributed by atoms with van der Waals surface area (Å²) in [6.45, 7) is 6.25. The average molecular weight is 552 g/mol. The Morgan fingerprint density at radius 3 is 2.43 bits per heavy atom. The van der Waals surface area contributed by atoms with E-state index in [9.17, 15) is 4.79 Å². The number of hydrogen-bond donors (Lipinski definition) is 1. The number of rotatable bonds is 9. The largest absolute Gasteiger partial charge is 0.483 e. The summed E-state index contributed by atoms with van der Waals surface area (Å²) in [5.74, 6) is 1.51. The molecule has 1 amide bonds. The molecule has 0 fully saturated rings. The van der Waals surface area contributed by atoms with Gasteiger partial charge in [0.2, 0.25) is 5.91 Å². The molecule has 0 bridgehead atoms. The monoisotopic (exact) mass is 550 g/mol. The van der Waals surface area contributed by atoms with Crippen LogP contribution in [0.4, 0.5) is 5.69 Å². The first-order valence-corrected chi connectivity index (χ1v) is 11.7. The van der Waals surface area contributed by atoms with Crippen LogP contribution >= 0.6 is 43.6 Å². The molecular weight excluding hydrogens is 532 g/mol. The van der Waals surface area contributed by atoms with E-state index in [0.717, 1.165) is 20.4 Å². The van der Waals surface area contributed by atoms with Crippen molar-refractivity contribution in [2.24, 2.45) is 0 Å². The third-order valence-electron chi connectivity index (χ3n) is 4.01. The number of benzene rings is 2. The summed E-state index contributed by atoms with van der Waals surface area (Å²) >= 11 is 8.12. The maximum Gasteiger partial charge on any atom is 0.234 e. The van der Waals surface area contributed by atoms with Gasteiger partial charge in [-0.2, -0.15) is 0 Å². The van der Waals surface area contributed by atoms with Crippen LogP contribution in [-0.4, -0.2) is 26.4 Å². The summed E-state index contributed by atoms with van der Waals surface area (Å²) in [4.78, 5) is 12.3. The van der Waals surface area contributed by atoms with E-state index >= 15 is 0 Å². The highest BCUT2D eigenvalue weighted by Gasteiger charge is 2.19. The summed E-state index contributed by atoms with van der Waals surface area (Å²) in [5, 5.41) is 12.1. The second kappa shape index (κ2) is 10.8. The van der Waals surface area contributed by atoms with Crippen molar-refractivity contribution in [2.75, 3.05) is 11.1 Å². The van der Waals surface area contributed by atoms with Crippen molar-refractivity contribution < 1.29 is 9.53 Å². The molecule has 1 unspecified atom stereocenters. The van der Waals surface area contributed by atoms with E-state index < -0.39 is 0 Å². The van der Waals surface area contributed by atoms with Gasteiger partial charge in [-0.15, -0.1) is 16.8 Å². The second-order valence-corrected chi connectivity index (χ2v) is 9.07. The molecular formula is C21H20Br2N4O2S. The lowest BCUT2D eigenvalue weighted by atomic mass is 10.3. The van der Waals surface area contributed by atoms with Gasteiger partial charge >= 0.3 is 0 Å². The SMILES string of the molecule is C=CCn1c(SCC(=O)Nc2ccc(Br)cc2)nnc1C(C)Oc1ccc(Br)cc1. The standard InChI is InChI=1S/C21H20Br2N4O2S/c1-3-12-27-20(14(2)29-18-10-6-16(23)7-11-18)25-26-21(27)30-13-19(28)24-17-8-4-15(22)5-9-17/h3-11,14H,1,12-13H2,2H3,(H,24,28). The number of carbonyl (C=O) groups excluding carboxylic acids is 1. The van der Waals surface area contributed by atoms with E-state index in [-0.39, 0.29) is 17.8 Å². The molecule has 0 spiro atoms. The lowest BCUT2D eigenvalue weighted by molar-refractivity contribution is -0.113. The fraction of sp³-hybridized carbons (Fsp3) is 0.190. The van der Waals surface area contributed by atoms with Crippen LogP contribution in [0.2, 0.25) is 0 Å². The minimum Gasteiger partial charge on any atom is -0.483 e. The third-order valence-corrected chi connectivity index (χ3v) is 6.03. The van der Waals surface area contributed by atoms with Crippen LogP contribution in [0.3, 0.4) is 0 Å². The summed E-state index contributed by atoms with van der Waals surface area (Å²) < 4.78 is 9.85. The quantitative estimate of drug-likeness (QED) is 0.266. The number of nitrogens with one attached hydrogen (secondary N) is 1. The van der Waals surface area contributed by atoms with Crippen LogP contribution in [0.5, 0.6) is 5.75 Å². The highest BCUT2D eigenvalue weighted by molar-refractivity contribution is 9.10. The van der Waals surface area contributed by atoms with Crippen LogP contribution in [0.1, 0.15) is 18.9 Å². The molecule has 156 valence electrons. The molecule has 1 atom stereocenters. The molecule has 2 aromatic carbocycles. The molecule has 1 heterocycles. The first-order chi connectivity index (χ1) is 14.5. The Hall–Kier alpha value is -2.10. The van der Waals surface area contributed by atoms with Crippen LogP contribution < -0.4 is 10.1 Å². The molecule has 3 aromatic rings. The van der Waals surface area contributed by atoms with Crippen molar-refractivity contribution >= 4 is 55.2 Å². The van der Waals surface area contributed by atoms with Crippen LogP contribution in [-0.2, 0) is 11.3 Å². The smallest absolute Gasteiger partial charge is 0.234 e. The summed E-state index contributed by atoms with van der Waals surface area (Å²) in [6, 6.07) is 15.0. The lowest BCUT2D eigenvalue weighted by Gasteiger charge is -2.15. The molecule has 30 heavy (non-hydrogen) atoms. The first-order valence-electron chi connectivity index (χ1n) is 9.10. The average Bonchev–Trinajstić information content (AvgIpc) is 3.13. The van der Waals surface area contributed by atoms with Crippen molar-refractivity contribution in [1.82, 2.24) is 14.8 Å². The van der Waals surface area contributed by atoms with Crippen molar-refractivity contribution in [3.8, 4) is 5.75 Å². The van der Waals surface area contributed by atoms with Crippen molar-refractivity contribution in [1.29, 1.82) is 0 Å². The van der Waals surface area contributed by atoms with Gasteiger partial charge in [-0.25, -0.2) is 0 Å². The zero-order chi connectivity index (χ0) is 21.5. The zero-order valence-electron chi connectivity index (χ0n) is 16.2. The van der Waals surface area contributed by atoms with Crippen molar-refractivity contribution in [3.63, 3.8) is 0 Å². The van der Waals surface area contributed by atoms with E-state index in [1.54, 1.807) is 6.08 Å². The first kappa shape index (κ1) is 22.6. The van der Waals surface area contributed by atoms with E-state index in [1.165, 1.54) is 11.8 Å². The Bertz CT molecular complexity index is 1010. The Kier molecular flexibility index (Phi) is 8.12. The molecule has 3 rings (SSSR count). The van der Waals surface area contributed by atoms with Gasteiger partial charge in [-0.1, -0.05) is 49.7 Å². The Morgan fingerprint density at radius 1 is 1.17 bits per heavy atom. The van der Waals surface area contributed by atoms with Gasteiger partial charge in [0.1, 0.15) is 5.75 Å². The van der Waals surface area contributed by atoms with Gasteiger partial charge in [0.05, 0.1) is 5.75 Å². The highest BCUT2D eigenvalue weighted by atomic mass is 79.9. The Balaban J connectivity index is 1.65. The fourth-order valence-electron chi connectivity index (χ4n) is 2.64. The summed E-state index contributed by atoms with van der Waals surface area (Å²) in [7, 11) is 0. The molecule has 0 aliphatic carbocycles. The molecule has 0 aliphatic heterocycles. The van der Waals surface area contributed by atoms with Gasteiger partial charge in [-0.3, -0.25) is 9.36 Å². The number of allylic oxidation sites excluding steroid dienone is 1. The molecule has 0 saturated carbocycles.